The highest BCUT2D eigenvalue weighted by Gasteiger charge is 2.29. The Morgan fingerprint density at radius 3 is 2.31 bits per heavy atom. The first-order valence-corrected chi connectivity index (χ1v) is 10.1. The average Bonchev–Trinajstić information content (AvgIpc) is 3.46. The molecule has 8 heteroatoms. The van der Waals surface area contributed by atoms with Crippen LogP contribution in [0, 0.1) is 0 Å². The number of likely N-dealkylation sites (tertiary alicyclic amines) is 1. The van der Waals surface area contributed by atoms with E-state index in [1.165, 1.54) is 6.33 Å². The van der Waals surface area contributed by atoms with E-state index in [0.29, 0.717) is 48.3 Å². The first-order chi connectivity index (χ1) is 13.8. The number of benzene rings is 1. The van der Waals surface area contributed by atoms with Gasteiger partial charge in [0.15, 0.2) is 11.5 Å². The normalized spacial score (nSPS) is 18.0. The van der Waals surface area contributed by atoms with Gasteiger partial charge in [-0.3, -0.25) is 4.79 Å². The Balaban J connectivity index is 1.47. The number of nitrogens with zero attached hydrogens (tertiary/aromatic N) is 2. The van der Waals surface area contributed by atoms with Gasteiger partial charge in [-0.1, -0.05) is 0 Å². The van der Waals surface area contributed by atoms with Crippen molar-refractivity contribution < 1.29 is 19.0 Å². The van der Waals surface area contributed by atoms with Crippen LogP contribution in [0.3, 0.4) is 0 Å². The second kappa shape index (κ2) is 7.57. The Morgan fingerprint density at radius 1 is 1.07 bits per heavy atom. The summed E-state index contributed by atoms with van der Waals surface area (Å²) in [5.41, 5.74) is -0.139. The summed E-state index contributed by atoms with van der Waals surface area (Å²) in [7, 11) is 0. The van der Waals surface area contributed by atoms with Crippen molar-refractivity contribution in [3.05, 3.63) is 28.8 Å². The molecule has 0 radical (unpaired) electrons. The topological polar surface area (TPSA) is 93.8 Å². The molecule has 1 saturated heterocycles. The highest BCUT2D eigenvalue weighted by atomic mass is 16.6. The molecule has 1 N–H and O–H groups in total. The monoisotopic (exact) mass is 401 g/mol. The molecule has 0 spiro atoms. The quantitative estimate of drug-likeness (QED) is 0.845. The van der Waals surface area contributed by atoms with Crippen LogP contribution in [0.2, 0.25) is 0 Å². The van der Waals surface area contributed by atoms with Crippen LogP contribution in [0.5, 0.6) is 11.5 Å². The average molecular weight is 401 g/mol. The van der Waals surface area contributed by atoms with Crippen molar-refractivity contribution in [2.75, 3.05) is 13.1 Å². The van der Waals surface area contributed by atoms with Gasteiger partial charge < -0.3 is 24.1 Å². The molecule has 1 amide bonds. The zero-order valence-corrected chi connectivity index (χ0v) is 17.1. The number of H-pyrrole nitrogens is 1. The first kappa shape index (κ1) is 19.5. The summed E-state index contributed by atoms with van der Waals surface area (Å²) in [6, 6.07) is 3.48. The van der Waals surface area contributed by atoms with Gasteiger partial charge in [0.25, 0.3) is 5.56 Å². The van der Waals surface area contributed by atoms with Crippen molar-refractivity contribution in [3.63, 3.8) is 0 Å². The Bertz CT molecular complexity index is 953. The fourth-order valence-electron chi connectivity index (χ4n) is 3.29. The van der Waals surface area contributed by atoms with Crippen molar-refractivity contribution in [1.82, 2.24) is 14.9 Å². The van der Waals surface area contributed by atoms with Gasteiger partial charge in [-0.15, -0.1) is 0 Å². The van der Waals surface area contributed by atoms with Gasteiger partial charge >= 0.3 is 6.09 Å². The minimum Gasteiger partial charge on any atom is -0.486 e. The van der Waals surface area contributed by atoms with Crippen LogP contribution in [-0.2, 0) is 4.74 Å². The van der Waals surface area contributed by atoms with Gasteiger partial charge in [-0.25, -0.2) is 9.78 Å². The van der Waals surface area contributed by atoms with E-state index in [1.54, 1.807) is 17.0 Å². The van der Waals surface area contributed by atoms with Gasteiger partial charge in [0.1, 0.15) is 11.7 Å². The number of piperidine rings is 1. The minimum atomic E-state index is -0.508. The molecule has 8 nitrogen and oxygen atoms in total. The van der Waals surface area contributed by atoms with Gasteiger partial charge in [-0.2, -0.15) is 0 Å². The lowest BCUT2D eigenvalue weighted by molar-refractivity contribution is 0.0124. The van der Waals surface area contributed by atoms with Crippen LogP contribution in [0.4, 0.5) is 4.79 Å². The van der Waals surface area contributed by atoms with Crippen molar-refractivity contribution in [2.45, 2.75) is 64.3 Å². The zero-order chi connectivity index (χ0) is 20.6. The van der Waals surface area contributed by atoms with E-state index in [0.717, 1.165) is 12.8 Å². The third-order valence-corrected chi connectivity index (χ3v) is 4.91. The molecule has 1 aliphatic heterocycles. The molecular weight excluding hydrogens is 374 g/mol. The molecular formula is C21H27N3O5. The van der Waals surface area contributed by atoms with Crippen LogP contribution in [-0.4, -0.2) is 51.9 Å². The lowest BCUT2D eigenvalue weighted by Gasteiger charge is -2.33. The summed E-state index contributed by atoms with van der Waals surface area (Å²) in [6.07, 6.45) is 4.64. The summed E-state index contributed by atoms with van der Waals surface area (Å²) >= 11 is 0. The molecule has 1 saturated carbocycles. The largest absolute Gasteiger partial charge is 0.486 e. The number of rotatable bonds is 4. The van der Waals surface area contributed by atoms with Crippen molar-refractivity contribution in [1.29, 1.82) is 0 Å². The molecule has 1 aromatic heterocycles. The number of carbonyl (C=O) groups is 1. The molecule has 1 aromatic carbocycles. The summed E-state index contributed by atoms with van der Waals surface area (Å²) < 4.78 is 17.7. The lowest BCUT2D eigenvalue weighted by Crippen LogP contribution is -2.44. The number of hydrogen-bond donors (Lipinski definition) is 1. The second-order valence-electron chi connectivity index (χ2n) is 8.65. The van der Waals surface area contributed by atoms with E-state index in [1.807, 2.05) is 20.8 Å². The number of ether oxygens (including phenoxy) is 3. The summed E-state index contributed by atoms with van der Waals surface area (Å²) in [4.78, 5) is 32.9. The van der Waals surface area contributed by atoms with E-state index >= 15 is 0 Å². The summed E-state index contributed by atoms with van der Waals surface area (Å²) in [5.74, 6) is 1.17. The van der Waals surface area contributed by atoms with E-state index < -0.39 is 5.60 Å². The molecule has 2 fully saturated rings. The highest BCUT2D eigenvalue weighted by molar-refractivity contribution is 5.81. The third kappa shape index (κ3) is 4.81. The van der Waals surface area contributed by atoms with Gasteiger partial charge in [0.2, 0.25) is 0 Å². The zero-order valence-electron chi connectivity index (χ0n) is 17.1. The maximum Gasteiger partial charge on any atom is 0.410 e. The van der Waals surface area contributed by atoms with E-state index in [-0.39, 0.29) is 23.9 Å². The standard InChI is InChI=1S/C21H27N3O5/c1-21(2,3)29-20(26)24-8-6-14(7-9-24)28-17-10-15-16(22-12-23-19(15)25)11-18(17)27-13-4-5-13/h10-14H,4-9H2,1-3H3,(H,22,23,25). The second-order valence-corrected chi connectivity index (χ2v) is 8.65. The lowest BCUT2D eigenvalue weighted by atomic mass is 10.1. The van der Waals surface area contributed by atoms with Crippen molar-refractivity contribution >= 4 is 17.0 Å². The molecule has 0 unspecified atom stereocenters. The number of amides is 1. The molecule has 29 heavy (non-hydrogen) atoms. The number of hydrogen-bond acceptors (Lipinski definition) is 6. The molecule has 1 aliphatic carbocycles. The summed E-state index contributed by atoms with van der Waals surface area (Å²) in [6.45, 7) is 6.71. The van der Waals surface area contributed by atoms with Crippen molar-refractivity contribution in [3.8, 4) is 11.5 Å². The SMILES string of the molecule is CC(C)(C)OC(=O)N1CCC(Oc2cc3c(=O)[nH]cnc3cc2OC2CC2)CC1. The molecule has 4 rings (SSSR count). The molecule has 156 valence electrons. The van der Waals surface area contributed by atoms with Crippen LogP contribution < -0.4 is 15.0 Å². The van der Waals surface area contributed by atoms with Crippen LogP contribution in [0.15, 0.2) is 23.3 Å². The van der Waals surface area contributed by atoms with Crippen molar-refractivity contribution in [2.24, 2.45) is 0 Å². The minimum absolute atomic E-state index is 0.0663. The Kier molecular flexibility index (Phi) is 5.10. The van der Waals surface area contributed by atoms with E-state index in [2.05, 4.69) is 9.97 Å². The Hall–Kier alpha value is -2.77. The molecule has 2 heterocycles. The number of aromatic amines is 1. The number of fused-ring (bicyclic) bond motifs is 1. The molecule has 0 bridgehead atoms. The smallest absolute Gasteiger partial charge is 0.410 e. The maximum absolute atomic E-state index is 12.2. The fraction of sp³-hybridized carbons (Fsp3) is 0.571. The third-order valence-electron chi connectivity index (χ3n) is 4.91. The Morgan fingerprint density at radius 2 is 1.69 bits per heavy atom. The maximum atomic E-state index is 12.2. The number of carbonyl (C=O) groups excluding carboxylic acids is 1. The fourth-order valence-corrected chi connectivity index (χ4v) is 3.29. The number of nitrogens with one attached hydrogen (secondary N) is 1. The van der Waals surface area contributed by atoms with Gasteiger partial charge in [0, 0.05) is 32.0 Å². The van der Waals surface area contributed by atoms with E-state index in [4.69, 9.17) is 14.2 Å². The predicted molar refractivity (Wildman–Crippen MR) is 107 cm³/mol. The van der Waals surface area contributed by atoms with Gasteiger partial charge in [-0.05, 0) is 39.7 Å². The summed E-state index contributed by atoms with van der Waals surface area (Å²) in [5, 5.41) is 0.469. The van der Waals surface area contributed by atoms with Gasteiger partial charge in [0.05, 0.1) is 23.3 Å². The van der Waals surface area contributed by atoms with E-state index in [9.17, 15) is 9.59 Å². The molecule has 2 aromatic rings. The van der Waals surface area contributed by atoms with Crippen LogP contribution in [0.1, 0.15) is 46.5 Å². The van der Waals surface area contributed by atoms with Crippen LogP contribution >= 0.6 is 0 Å². The predicted octanol–water partition coefficient (Wildman–Crippen LogP) is 3.24. The molecule has 0 atom stereocenters. The Labute approximate surface area is 169 Å². The molecule has 2 aliphatic rings. The highest BCUT2D eigenvalue weighted by Crippen LogP contribution is 2.37. The van der Waals surface area contributed by atoms with Crippen LogP contribution in [0.25, 0.3) is 10.9 Å². The first-order valence-electron chi connectivity index (χ1n) is 10.1. The number of aromatic nitrogens is 2.